The van der Waals surface area contributed by atoms with E-state index >= 15 is 0 Å². The molecule has 1 fully saturated rings. The predicted molar refractivity (Wildman–Crippen MR) is 73.6 cm³/mol. The highest BCUT2D eigenvalue weighted by molar-refractivity contribution is 5.34. The molecule has 0 aliphatic carbocycles. The van der Waals surface area contributed by atoms with Gasteiger partial charge in [-0.05, 0) is 33.9 Å². The minimum Gasteiger partial charge on any atom is -0.338 e. The van der Waals surface area contributed by atoms with E-state index in [1.807, 2.05) is 13.0 Å². The Balaban J connectivity index is 2.23. The molecule has 2 unspecified atom stereocenters. The lowest BCUT2D eigenvalue weighted by atomic mass is 10.1. The molecule has 0 saturated carbocycles. The zero-order valence-corrected chi connectivity index (χ0v) is 11.7. The summed E-state index contributed by atoms with van der Waals surface area (Å²) in [6.45, 7) is 8.87. The Labute approximate surface area is 109 Å². The number of likely N-dealkylation sites (N-methyl/N-ethyl adjacent to an activating group) is 1. The molecule has 1 aliphatic heterocycles. The second kappa shape index (κ2) is 5.20. The van der Waals surface area contributed by atoms with Gasteiger partial charge in [-0.2, -0.15) is 0 Å². The van der Waals surface area contributed by atoms with Gasteiger partial charge in [-0.3, -0.25) is 4.90 Å². The Morgan fingerprint density at radius 1 is 1.28 bits per heavy atom. The van der Waals surface area contributed by atoms with Crippen LogP contribution in [0.4, 0.5) is 5.95 Å². The van der Waals surface area contributed by atoms with Gasteiger partial charge < -0.3 is 10.6 Å². The topological polar surface area (TPSA) is 58.3 Å². The third-order valence-corrected chi connectivity index (χ3v) is 3.75. The fourth-order valence-electron chi connectivity index (χ4n) is 2.43. The van der Waals surface area contributed by atoms with Crippen molar-refractivity contribution < 1.29 is 0 Å². The van der Waals surface area contributed by atoms with Gasteiger partial charge in [-0.25, -0.2) is 9.97 Å². The predicted octanol–water partition coefficient (Wildman–Crippen LogP) is 0.773. The number of anilines is 1. The first-order valence-corrected chi connectivity index (χ1v) is 6.52. The molecule has 1 aromatic heterocycles. The monoisotopic (exact) mass is 249 g/mol. The summed E-state index contributed by atoms with van der Waals surface area (Å²) in [5.41, 5.74) is 7.58. The van der Waals surface area contributed by atoms with E-state index in [0.29, 0.717) is 18.6 Å². The molecule has 0 radical (unpaired) electrons. The zero-order chi connectivity index (χ0) is 13.3. The molecule has 5 nitrogen and oxygen atoms in total. The summed E-state index contributed by atoms with van der Waals surface area (Å²) in [5.74, 6) is 0.822. The van der Waals surface area contributed by atoms with Gasteiger partial charge in [-0.1, -0.05) is 0 Å². The molecule has 100 valence electrons. The number of aryl methyl sites for hydroxylation is 1. The van der Waals surface area contributed by atoms with E-state index in [0.717, 1.165) is 30.4 Å². The van der Waals surface area contributed by atoms with Crippen LogP contribution in [0.25, 0.3) is 0 Å². The number of aromatic nitrogens is 2. The summed E-state index contributed by atoms with van der Waals surface area (Å²) in [4.78, 5) is 13.7. The van der Waals surface area contributed by atoms with Gasteiger partial charge in [0.15, 0.2) is 0 Å². The van der Waals surface area contributed by atoms with Gasteiger partial charge in [0.2, 0.25) is 5.95 Å². The van der Waals surface area contributed by atoms with Crippen molar-refractivity contribution in [3.8, 4) is 0 Å². The van der Waals surface area contributed by atoms with E-state index in [-0.39, 0.29) is 0 Å². The van der Waals surface area contributed by atoms with Gasteiger partial charge in [-0.15, -0.1) is 0 Å². The molecule has 1 aliphatic rings. The Bertz CT molecular complexity index is 408. The summed E-state index contributed by atoms with van der Waals surface area (Å²) in [6, 6.07) is 2.98. The maximum Gasteiger partial charge on any atom is 0.225 e. The quantitative estimate of drug-likeness (QED) is 0.839. The molecular formula is C13H23N5. The van der Waals surface area contributed by atoms with Crippen molar-refractivity contribution in [1.29, 1.82) is 0 Å². The van der Waals surface area contributed by atoms with E-state index in [2.05, 4.69) is 40.7 Å². The number of hydrogen-bond donors (Lipinski definition) is 1. The van der Waals surface area contributed by atoms with Crippen LogP contribution in [-0.4, -0.2) is 47.1 Å². The maximum absolute atomic E-state index is 5.68. The SMILES string of the molecule is Cc1cc(CN)nc(N2CC(C)N(C)C(C)C2)n1. The normalized spacial score (nSPS) is 25.5. The zero-order valence-electron chi connectivity index (χ0n) is 11.7. The number of nitrogens with two attached hydrogens (primary N) is 1. The van der Waals surface area contributed by atoms with E-state index in [1.165, 1.54) is 0 Å². The summed E-state index contributed by atoms with van der Waals surface area (Å²) >= 11 is 0. The molecule has 2 atom stereocenters. The molecule has 2 rings (SSSR count). The number of hydrogen-bond acceptors (Lipinski definition) is 5. The first kappa shape index (κ1) is 13.2. The molecule has 0 aromatic carbocycles. The highest BCUT2D eigenvalue weighted by atomic mass is 15.3. The van der Waals surface area contributed by atoms with Crippen LogP contribution in [0.15, 0.2) is 6.07 Å². The Hall–Kier alpha value is -1.20. The van der Waals surface area contributed by atoms with Crippen molar-refractivity contribution in [2.75, 3.05) is 25.0 Å². The van der Waals surface area contributed by atoms with E-state index in [9.17, 15) is 0 Å². The van der Waals surface area contributed by atoms with Gasteiger partial charge in [0.05, 0.1) is 5.69 Å². The maximum atomic E-state index is 5.68. The molecule has 18 heavy (non-hydrogen) atoms. The fraction of sp³-hybridized carbons (Fsp3) is 0.692. The fourth-order valence-corrected chi connectivity index (χ4v) is 2.43. The van der Waals surface area contributed by atoms with Gasteiger partial charge >= 0.3 is 0 Å². The van der Waals surface area contributed by atoms with Crippen LogP contribution in [0, 0.1) is 6.92 Å². The third-order valence-electron chi connectivity index (χ3n) is 3.75. The largest absolute Gasteiger partial charge is 0.338 e. The summed E-state index contributed by atoms with van der Waals surface area (Å²) < 4.78 is 0. The number of rotatable bonds is 2. The first-order chi connectivity index (χ1) is 8.51. The molecule has 2 heterocycles. The van der Waals surface area contributed by atoms with Crippen molar-refractivity contribution in [3.63, 3.8) is 0 Å². The second-order valence-corrected chi connectivity index (χ2v) is 5.27. The van der Waals surface area contributed by atoms with Gasteiger partial charge in [0.25, 0.3) is 0 Å². The lowest BCUT2D eigenvalue weighted by Crippen LogP contribution is -2.55. The van der Waals surface area contributed by atoms with Crippen molar-refractivity contribution in [2.45, 2.75) is 39.4 Å². The molecule has 1 saturated heterocycles. The van der Waals surface area contributed by atoms with Crippen LogP contribution >= 0.6 is 0 Å². The summed E-state index contributed by atoms with van der Waals surface area (Å²) in [5, 5.41) is 0. The van der Waals surface area contributed by atoms with Gasteiger partial charge in [0.1, 0.15) is 0 Å². The molecular weight excluding hydrogens is 226 g/mol. The van der Waals surface area contributed by atoms with Crippen LogP contribution in [0.3, 0.4) is 0 Å². The minimum atomic E-state index is 0.467. The van der Waals surface area contributed by atoms with Crippen molar-refractivity contribution in [1.82, 2.24) is 14.9 Å². The van der Waals surface area contributed by atoms with E-state index in [4.69, 9.17) is 5.73 Å². The third kappa shape index (κ3) is 2.62. The van der Waals surface area contributed by atoms with Crippen molar-refractivity contribution in [3.05, 3.63) is 17.5 Å². The second-order valence-electron chi connectivity index (χ2n) is 5.27. The molecule has 5 heteroatoms. The standard InChI is InChI=1S/C13H23N5/c1-9-5-12(6-14)16-13(15-9)18-7-10(2)17(4)11(3)8-18/h5,10-11H,6-8,14H2,1-4H3. The average molecular weight is 249 g/mol. The Morgan fingerprint density at radius 2 is 1.89 bits per heavy atom. The summed E-state index contributed by atoms with van der Waals surface area (Å²) in [6.07, 6.45) is 0. The Kier molecular flexibility index (Phi) is 3.82. The molecule has 2 N–H and O–H groups in total. The minimum absolute atomic E-state index is 0.467. The lowest BCUT2D eigenvalue weighted by Gasteiger charge is -2.42. The highest BCUT2D eigenvalue weighted by Gasteiger charge is 2.27. The first-order valence-electron chi connectivity index (χ1n) is 6.52. The average Bonchev–Trinajstić information content (AvgIpc) is 2.34. The Morgan fingerprint density at radius 3 is 2.44 bits per heavy atom. The molecule has 0 spiro atoms. The summed E-state index contributed by atoms with van der Waals surface area (Å²) in [7, 11) is 2.18. The van der Waals surface area contributed by atoms with E-state index in [1.54, 1.807) is 0 Å². The molecule has 0 amide bonds. The van der Waals surface area contributed by atoms with Crippen molar-refractivity contribution >= 4 is 5.95 Å². The van der Waals surface area contributed by atoms with Gasteiger partial charge in [0, 0.05) is 37.4 Å². The van der Waals surface area contributed by atoms with Crippen LogP contribution in [-0.2, 0) is 6.54 Å². The molecule has 1 aromatic rings. The highest BCUT2D eigenvalue weighted by Crippen LogP contribution is 2.18. The van der Waals surface area contributed by atoms with E-state index < -0.39 is 0 Å². The molecule has 0 bridgehead atoms. The number of nitrogens with zero attached hydrogens (tertiary/aromatic N) is 4. The van der Waals surface area contributed by atoms with Crippen LogP contribution in [0.1, 0.15) is 25.2 Å². The van der Waals surface area contributed by atoms with Crippen LogP contribution < -0.4 is 10.6 Å². The van der Waals surface area contributed by atoms with Crippen LogP contribution in [0.2, 0.25) is 0 Å². The smallest absolute Gasteiger partial charge is 0.225 e. The number of piperazine rings is 1. The van der Waals surface area contributed by atoms with Crippen LogP contribution in [0.5, 0.6) is 0 Å². The lowest BCUT2D eigenvalue weighted by molar-refractivity contribution is 0.169. The van der Waals surface area contributed by atoms with Crippen molar-refractivity contribution in [2.24, 2.45) is 5.73 Å².